The second kappa shape index (κ2) is 4.65. The molecular weight excluding hydrogens is 234 g/mol. The second-order valence-electron chi connectivity index (χ2n) is 4.51. The summed E-state index contributed by atoms with van der Waals surface area (Å²) in [6.45, 7) is 1.58. The molecule has 0 saturated carbocycles. The van der Waals surface area contributed by atoms with Crippen molar-refractivity contribution in [3.05, 3.63) is 66.4 Å². The lowest BCUT2D eigenvalue weighted by atomic mass is 9.99. The lowest BCUT2D eigenvalue weighted by molar-refractivity contribution is 0.101. The first-order valence-electron chi connectivity index (χ1n) is 6.21. The highest BCUT2D eigenvalue weighted by Gasteiger charge is 2.05. The quantitative estimate of drug-likeness (QED) is 0.638. The van der Waals surface area contributed by atoms with Crippen molar-refractivity contribution in [1.82, 2.24) is 4.98 Å². The molecule has 0 spiro atoms. The van der Waals surface area contributed by atoms with Gasteiger partial charge < -0.3 is 0 Å². The molecule has 3 aromatic rings. The Bertz CT molecular complexity index is 739. The van der Waals surface area contributed by atoms with Crippen molar-refractivity contribution < 1.29 is 4.79 Å². The van der Waals surface area contributed by atoms with Crippen LogP contribution in [-0.4, -0.2) is 10.8 Å². The number of hydrogen-bond donors (Lipinski definition) is 0. The summed E-state index contributed by atoms with van der Waals surface area (Å²) in [7, 11) is 0. The van der Waals surface area contributed by atoms with E-state index in [1.54, 1.807) is 6.92 Å². The molecule has 0 bridgehead atoms. The zero-order valence-electron chi connectivity index (χ0n) is 10.6. The number of para-hydroxylation sites is 1. The molecule has 0 unspecified atom stereocenters. The summed E-state index contributed by atoms with van der Waals surface area (Å²) in [4.78, 5) is 15.7. The Labute approximate surface area is 111 Å². The molecule has 0 amide bonds. The van der Waals surface area contributed by atoms with Crippen LogP contribution in [0.4, 0.5) is 0 Å². The summed E-state index contributed by atoms with van der Waals surface area (Å²) < 4.78 is 0. The fraction of sp³-hybridized carbons (Fsp3) is 0.0588. The summed E-state index contributed by atoms with van der Waals surface area (Å²) in [6, 6.07) is 17.8. The van der Waals surface area contributed by atoms with Crippen LogP contribution < -0.4 is 0 Å². The van der Waals surface area contributed by atoms with E-state index in [0.29, 0.717) is 0 Å². The molecule has 2 heteroatoms. The van der Waals surface area contributed by atoms with E-state index in [4.69, 9.17) is 0 Å². The average Bonchev–Trinajstić information content (AvgIpc) is 2.47. The van der Waals surface area contributed by atoms with E-state index in [-0.39, 0.29) is 5.78 Å². The lowest BCUT2D eigenvalue weighted by Gasteiger charge is -2.06. The third kappa shape index (κ3) is 2.13. The Morgan fingerprint density at radius 2 is 1.68 bits per heavy atom. The average molecular weight is 247 g/mol. The van der Waals surface area contributed by atoms with Gasteiger partial charge in [-0.25, -0.2) is 0 Å². The number of hydrogen-bond acceptors (Lipinski definition) is 2. The normalized spacial score (nSPS) is 10.6. The smallest absolute Gasteiger partial charge is 0.159 e. The number of rotatable bonds is 2. The number of carbonyl (C=O) groups is 1. The SMILES string of the molecule is CC(=O)c1ccc(-c2ccnc3ccccc23)cc1. The van der Waals surface area contributed by atoms with Crippen molar-refractivity contribution >= 4 is 16.7 Å². The summed E-state index contributed by atoms with van der Waals surface area (Å²) >= 11 is 0. The highest BCUT2D eigenvalue weighted by Crippen LogP contribution is 2.27. The van der Waals surface area contributed by atoms with Crippen LogP contribution in [0.15, 0.2) is 60.8 Å². The van der Waals surface area contributed by atoms with Gasteiger partial charge in [-0.05, 0) is 30.2 Å². The third-order valence-corrected chi connectivity index (χ3v) is 3.25. The first-order chi connectivity index (χ1) is 9.25. The van der Waals surface area contributed by atoms with Crippen LogP contribution in [0.3, 0.4) is 0 Å². The lowest BCUT2D eigenvalue weighted by Crippen LogP contribution is -1.91. The number of carbonyl (C=O) groups excluding carboxylic acids is 1. The fourth-order valence-corrected chi connectivity index (χ4v) is 2.23. The molecule has 0 saturated heterocycles. The molecule has 0 fully saturated rings. The Kier molecular flexibility index (Phi) is 2.84. The molecule has 0 aliphatic heterocycles. The van der Waals surface area contributed by atoms with Gasteiger partial charge in [0, 0.05) is 17.1 Å². The van der Waals surface area contributed by atoms with Crippen LogP contribution >= 0.6 is 0 Å². The van der Waals surface area contributed by atoms with Crippen LogP contribution in [0.2, 0.25) is 0 Å². The van der Waals surface area contributed by atoms with Crippen molar-refractivity contribution in [2.45, 2.75) is 6.92 Å². The van der Waals surface area contributed by atoms with Gasteiger partial charge in [0.15, 0.2) is 5.78 Å². The largest absolute Gasteiger partial charge is 0.295 e. The van der Waals surface area contributed by atoms with E-state index in [1.807, 2.05) is 54.7 Å². The maximum absolute atomic E-state index is 11.3. The van der Waals surface area contributed by atoms with Gasteiger partial charge in [0.2, 0.25) is 0 Å². The van der Waals surface area contributed by atoms with Gasteiger partial charge in [-0.3, -0.25) is 9.78 Å². The topological polar surface area (TPSA) is 30.0 Å². The molecule has 0 aliphatic rings. The molecule has 1 heterocycles. The predicted octanol–water partition coefficient (Wildman–Crippen LogP) is 4.10. The minimum Gasteiger partial charge on any atom is -0.295 e. The zero-order valence-corrected chi connectivity index (χ0v) is 10.6. The molecule has 2 nitrogen and oxygen atoms in total. The number of ketones is 1. The van der Waals surface area contributed by atoms with Crippen LogP contribution in [0, 0.1) is 0 Å². The van der Waals surface area contributed by atoms with Crippen LogP contribution in [0.1, 0.15) is 17.3 Å². The van der Waals surface area contributed by atoms with Crippen molar-refractivity contribution in [3.8, 4) is 11.1 Å². The zero-order chi connectivity index (χ0) is 13.2. The fourth-order valence-electron chi connectivity index (χ4n) is 2.23. The van der Waals surface area contributed by atoms with Crippen molar-refractivity contribution in [2.24, 2.45) is 0 Å². The number of nitrogens with zero attached hydrogens (tertiary/aromatic N) is 1. The minimum atomic E-state index is 0.0890. The molecule has 2 aromatic carbocycles. The highest BCUT2D eigenvalue weighted by molar-refractivity contribution is 5.97. The Morgan fingerprint density at radius 3 is 2.42 bits per heavy atom. The van der Waals surface area contributed by atoms with Crippen LogP contribution in [0.5, 0.6) is 0 Å². The molecule has 0 N–H and O–H groups in total. The van der Waals surface area contributed by atoms with Gasteiger partial charge in [0.25, 0.3) is 0 Å². The molecular formula is C17H13NO. The second-order valence-corrected chi connectivity index (χ2v) is 4.51. The van der Waals surface area contributed by atoms with E-state index in [0.717, 1.165) is 27.6 Å². The first-order valence-corrected chi connectivity index (χ1v) is 6.21. The monoisotopic (exact) mass is 247 g/mol. The van der Waals surface area contributed by atoms with E-state index in [9.17, 15) is 4.79 Å². The summed E-state index contributed by atoms with van der Waals surface area (Å²) in [5.41, 5.74) is 3.96. The number of fused-ring (bicyclic) bond motifs is 1. The summed E-state index contributed by atoms with van der Waals surface area (Å²) in [5.74, 6) is 0.0890. The Hall–Kier alpha value is -2.48. The van der Waals surface area contributed by atoms with Crippen molar-refractivity contribution in [3.63, 3.8) is 0 Å². The molecule has 1 aromatic heterocycles. The van der Waals surface area contributed by atoms with Crippen molar-refractivity contribution in [1.29, 1.82) is 0 Å². The number of aromatic nitrogens is 1. The molecule has 0 atom stereocenters. The minimum absolute atomic E-state index is 0.0890. The summed E-state index contributed by atoms with van der Waals surface area (Å²) in [5, 5.41) is 1.13. The Morgan fingerprint density at radius 1 is 0.947 bits per heavy atom. The highest BCUT2D eigenvalue weighted by atomic mass is 16.1. The number of Topliss-reactive ketones (excluding diaryl/α,β-unsaturated/α-hetero) is 1. The van der Waals surface area contributed by atoms with Gasteiger partial charge in [-0.1, -0.05) is 42.5 Å². The van der Waals surface area contributed by atoms with Gasteiger partial charge >= 0.3 is 0 Å². The first kappa shape index (κ1) is 11.6. The number of benzene rings is 2. The van der Waals surface area contributed by atoms with Crippen LogP contribution in [0.25, 0.3) is 22.0 Å². The number of pyridine rings is 1. The van der Waals surface area contributed by atoms with Crippen molar-refractivity contribution in [2.75, 3.05) is 0 Å². The van der Waals surface area contributed by atoms with Crippen LogP contribution in [-0.2, 0) is 0 Å². The maximum atomic E-state index is 11.3. The van der Waals surface area contributed by atoms with E-state index < -0.39 is 0 Å². The molecule has 19 heavy (non-hydrogen) atoms. The molecule has 0 aliphatic carbocycles. The molecule has 3 rings (SSSR count). The van der Waals surface area contributed by atoms with Gasteiger partial charge in [-0.2, -0.15) is 0 Å². The standard InChI is InChI=1S/C17H13NO/c1-12(19)13-6-8-14(9-7-13)15-10-11-18-17-5-3-2-4-16(15)17/h2-11H,1H3. The van der Waals surface area contributed by atoms with E-state index in [2.05, 4.69) is 11.1 Å². The third-order valence-electron chi connectivity index (χ3n) is 3.25. The Balaban J connectivity index is 2.16. The van der Waals surface area contributed by atoms with Gasteiger partial charge in [-0.15, -0.1) is 0 Å². The molecule has 0 radical (unpaired) electrons. The van der Waals surface area contributed by atoms with Gasteiger partial charge in [0.1, 0.15) is 0 Å². The van der Waals surface area contributed by atoms with E-state index >= 15 is 0 Å². The maximum Gasteiger partial charge on any atom is 0.159 e. The summed E-state index contributed by atoms with van der Waals surface area (Å²) in [6.07, 6.45) is 1.82. The van der Waals surface area contributed by atoms with E-state index in [1.165, 1.54) is 0 Å². The molecule has 92 valence electrons. The predicted molar refractivity (Wildman–Crippen MR) is 77.2 cm³/mol. The van der Waals surface area contributed by atoms with Gasteiger partial charge in [0.05, 0.1) is 5.52 Å².